The average molecular weight is 475 g/mol. The third-order valence-electron chi connectivity index (χ3n) is 4.04. The van der Waals surface area contributed by atoms with Crippen LogP contribution in [0, 0.1) is 0 Å². The van der Waals surface area contributed by atoms with E-state index in [1.54, 1.807) is 30.3 Å². The highest BCUT2D eigenvalue weighted by molar-refractivity contribution is 9.10. The van der Waals surface area contributed by atoms with E-state index < -0.39 is 10.0 Å². The fourth-order valence-electron chi connectivity index (χ4n) is 2.57. The molecule has 1 saturated heterocycles. The highest BCUT2D eigenvalue weighted by Gasteiger charge is 2.27. The Balaban J connectivity index is 1.67. The van der Waals surface area contributed by atoms with E-state index in [0.717, 1.165) is 16.2 Å². The molecule has 1 aromatic heterocycles. The van der Waals surface area contributed by atoms with Crippen LogP contribution < -0.4 is 10.1 Å². The van der Waals surface area contributed by atoms with Crippen molar-refractivity contribution in [3.8, 4) is 5.75 Å². The number of hydrogen-bond acceptors (Lipinski definition) is 6. The van der Waals surface area contributed by atoms with Crippen LogP contribution in [0.4, 0.5) is 0 Å². The van der Waals surface area contributed by atoms with Gasteiger partial charge in [0.1, 0.15) is 9.96 Å². The first-order valence-electron chi connectivity index (χ1n) is 8.20. The smallest absolute Gasteiger partial charge is 0.252 e. The highest BCUT2D eigenvalue weighted by atomic mass is 79.9. The number of hydrogen-bond donors (Lipinski definition) is 1. The number of thiophene rings is 1. The van der Waals surface area contributed by atoms with Gasteiger partial charge in [-0.25, -0.2) is 8.42 Å². The van der Waals surface area contributed by atoms with E-state index in [9.17, 15) is 13.2 Å². The Morgan fingerprint density at radius 1 is 1.30 bits per heavy atom. The summed E-state index contributed by atoms with van der Waals surface area (Å²) < 4.78 is 38.0. The van der Waals surface area contributed by atoms with Crippen molar-refractivity contribution in [2.45, 2.75) is 10.8 Å². The van der Waals surface area contributed by atoms with E-state index in [1.165, 1.54) is 11.4 Å². The number of nitrogens with zero attached hydrogens (tertiary/aromatic N) is 1. The summed E-state index contributed by atoms with van der Waals surface area (Å²) in [5.41, 5.74) is 0.451. The summed E-state index contributed by atoms with van der Waals surface area (Å²) in [6.45, 7) is 1.77. The molecule has 2 aromatic rings. The van der Waals surface area contributed by atoms with Gasteiger partial charge in [0.05, 0.1) is 32.4 Å². The normalized spacial score (nSPS) is 15.5. The molecule has 1 fully saturated rings. The first-order valence-corrected chi connectivity index (χ1v) is 11.2. The molecular formula is C17H19BrN2O5S2. The molecule has 0 bridgehead atoms. The molecule has 0 spiro atoms. The SMILES string of the molecule is COc1ccc(Br)c(C(=O)NCc2ccc(S(=O)(=O)N3CCOCC3)s2)c1. The standard InChI is InChI=1S/C17H19BrN2O5S2/c1-24-12-2-4-15(18)14(10-12)17(21)19-11-13-3-5-16(26-13)27(22,23)20-6-8-25-9-7-20/h2-5,10H,6-9,11H2,1H3,(H,19,21). The van der Waals surface area contributed by atoms with Gasteiger partial charge in [-0.1, -0.05) is 0 Å². The van der Waals surface area contributed by atoms with E-state index in [-0.39, 0.29) is 16.7 Å². The zero-order valence-electron chi connectivity index (χ0n) is 14.6. The van der Waals surface area contributed by atoms with Crippen LogP contribution in [0.5, 0.6) is 5.75 Å². The lowest BCUT2D eigenvalue weighted by Gasteiger charge is -2.25. The molecule has 10 heteroatoms. The van der Waals surface area contributed by atoms with Gasteiger partial charge in [0.15, 0.2) is 0 Å². The third kappa shape index (κ3) is 4.69. The molecule has 0 saturated carbocycles. The van der Waals surface area contributed by atoms with Crippen molar-refractivity contribution >= 4 is 43.2 Å². The number of amides is 1. The second kappa shape index (κ2) is 8.70. The van der Waals surface area contributed by atoms with Crippen molar-refractivity contribution in [1.82, 2.24) is 9.62 Å². The van der Waals surface area contributed by atoms with Crippen LogP contribution >= 0.6 is 27.3 Å². The van der Waals surface area contributed by atoms with Gasteiger partial charge in [0, 0.05) is 22.4 Å². The minimum Gasteiger partial charge on any atom is -0.497 e. The van der Waals surface area contributed by atoms with Gasteiger partial charge in [0.25, 0.3) is 15.9 Å². The Morgan fingerprint density at radius 2 is 2.04 bits per heavy atom. The third-order valence-corrected chi connectivity index (χ3v) is 8.19. The number of morpholine rings is 1. The molecule has 27 heavy (non-hydrogen) atoms. The molecule has 2 heterocycles. The Labute approximate surface area is 170 Å². The van der Waals surface area contributed by atoms with Gasteiger partial charge in [-0.15, -0.1) is 11.3 Å². The number of sulfonamides is 1. The quantitative estimate of drug-likeness (QED) is 0.694. The lowest BCUT2D eigenvalue weighted by molar-refractivity contribution is 0.0731. The molecule has 0 atom stereocenters. The van der Waals surface area contributed by atoms with Crippen molar-refractivity contribution in [2.75, 3.05) is 33.4 Å². The van der Waals surface area contributed by atoms with Crippen molar-refractivity contribution in [3.05, 3.63) is 45.2 Å². The average Bonchev–Trinajstić information content (AvgIpc) is 3.17. The van der Waals surface area contributed by atoms with Crippen LogP contribution in [0.1, 0.15) is 15.2 Å². The molecule has 1 N–H and O–H groups in total. The number of carbonyl (C=O) groups is 1. The first-order chi connectivity index (χ1) is 12.9. The maximum Gasteiger partial charge on any atom is 0.252 e. The number of methoxy groups -OCH3 is 1. The molecule has 3 rings (SSSR count). The summed E-state index contributed by atoms with van der Waals surface area (Å²) in [6, 6.07) is 8.44. The lowest BCUT2D eigenvalue weighted by Crippen LogP contribution is -2.40. The number of halogens is 1. The zero-order chi connectivity index (χ0) is 19.4. The van der Waals surface area contributed by atoms with E-state index in [4.69, 9.17) is 9.47 Å². The van der Waals surface area contributed by atoms with Crippen LogP contribution in [-0.2, 0) is 21.3 Å². The van der Waals surface area contributed by atoms with Crippen LogP contribution in [-0.4, -0.2) is 52.0 Å². The van der Waals surface area contributed by atoms with Crippen molar-refractivity contribution in [3.63, 3.8) is 0 Å². The highest BCUT2D eigenvalue weighted by Crippen LogP contribution is 2.26. The van der Waals surface area contributed by atoms with E-state index >= 15 is 0 Å². The fraction of sp³-hybridized carbons (Fsp3) is 0.353. The van der Waals surface area contributed by atoms with Gasteiger partial charge in [0.2, 0.25) is 0 Å². The molecule has 0 unspecified atom stereocenters. The minimum absolute atomic E-state index is 0.242. The van der Waals surface area contributed by atoms with Crippen LogP contribution in [0.25, 0.3) is 0 Å². The van der Waals surface area contributed by atoms with E-state index in [2.05, 4.69) is 21.2 Å². The number of ether oxygens (including phenoxy) is 2. The van der Waals surface area contributed by atoms with Crippen LogP contribution in [0.2, 0.25) is 0 Å². The summed E-state index contributed by atoms with van der Waals surface area (Å²) in [4.78, 5) is 13.2. The molecule has 7 nitrogen and oxygen atoms in total. The first kappa shape index (κ1) is 20.3. The van der Waals surface area contributed by atoms with Gasteiger partial charge in [-0.2, -0.15) is 4.31 Å². The van der Waals surface area contributed by atoms with Gasteiger partial charge < -0.3 is 14.8 Å². The summed E-state index contributed by atoms with van der Waals surface area (Å²) in [5, 5.41) is 2.81. The molecule has 1 amide bonds. The van der Waals surface area contributed by atoms with Gasteiger partial charge in [-0.3, -0.25) is 4.79 Å². The lowest BCUT2D eigenvalue weighted by atomic mass is 10.2. The van der Waals surface area contributed by atoms with Crippen molar-refractivity contribution < 1.29 is 22.7 Å². The number of carbonyl (C=O) groups excluding carboxylic acids is 1. The Kier molecular flexibility index (Phi) is 6.53. The zero-order valence-corrected chi connectivity index (χ0v) is 17.8. The molecule has 1 aliphatic rings. The molecule has 1 aliphatic heterocycles. The molecule has 0 aliphatic carbocycles. The number of nitrogens with one attached hydrogen (secondary N) is 1. The number of benzene rings is 1. The van der Waals surface area contributed by atoms with Gasteiger partial charge >= 0.3 is 0 Å². The topological polar surface area (TPSA) is 84.9 Å². The van der Waals surface area contributed by atoms with Crippen molar-refractivity contribution in [1.29, 1.82) is 0 Å². The molecular weight excluding hydrogens is 456 g/mol. The van der Waals surface area contributed by atoms with Gasteiger partial charge in [-0.05, 0) is 46.3 Å². The van der Waals surface area contributed by atoms with Crippen LogP contribution in [0.15, 0.2) is 39.0 Å². The van der Waals surface area contributed by atoms with Crippen LogP contribution in [0.3, 0.4) is 0 Å². The maximum absolute atomic E-state index is 12.6. The second-order valence-electron chi connectivity index (χ2n) is 5.77. The fourth-order valence-corrected chi connectivity index (χ4v) is 5.86. The maximum atomic E-state index is 12.6. The predicted octanol–water partition coefficient (Wildman–Crippen LogP) is 2.47. The summed E-state index contributed by atoms with van der Waals surface area (Å²) in [7, 11) is -1.98. The van der Waals surface area contributed by atoms with E-state index in [0.29, 0.717) is 42.1 Å². The Bertz CT molecular complexity index is 923. The summed E-state index contributed by atoms with van der Waals surface area (Å²) in [6.07, 6.45) is 0. The Morgan fingerprint density at radius 3 is 2.74 bits per heavy atom. The molecule has 146 valence electrons. The summed E-state index contributed by atoms with van der Waals surface area (Å²) >= 11 is 4.51. The van der Waals surface area contributed by atoms with E-state index in [1.807, 2.05) is 0 Å². The Hall–Kier alpha value is -1.46. The molecule has 1 aromatic carbocycles. The number of rotatable bonds is 6. The summed E-state index contributed by atoms with van der Waals surface area (Å²) in [5.74, 6) is 0.310. The second-order valence-corrected chi connectivity index (χ2v) is 9.95. The predicted molar refractivity (Wildman–Crippen MR) is 106 cm³/mol. The largest absolute Gasteiger partial charge is 0.497 e. The minimum atomic E-state index is -3.51. The monoisotopic (exact) mass is 474 g/mol. The van der Waals surface area contributed by atoms with Crippen molar-refractivity contribution in [2.24, 2.45) is 0 Å². The molecule has 0 radical (unpaired) electrons.